The molecule has 1 atom stereocenters. The first-order valence-electron chi connectivity index (χ1n) is 7.01. The molecule has 2 aromatic rings. The van der Waals surface area contributed by atoms with E-state index >= 15 is 0 Å². The topological polar surface area (TPSA) is 59.8 Å². The number of hydrogen-bond donors (Lipinski definition) is 1. The largest absolute Gasteiger partial charge is 0.349 e. The van der Waals surface area contributed by atoms with Crippen LogP contribution in [0.3, 0.4) is 0 Å². The Kier molecular flexibility index (Phi) is 5.80. The molecule has 2 rings (SSSR count). The highest BCUT2D eigenvalue weighted by Crippen LogP contribution is 2.19. The van der Waals surface area contributed by atoms with Gasteiger partial charge in [0.15, 0.2) is 5.16 Å². The summed E-state index contributed by atoms with van der Waals surface area (Å²) in [6.07, 6.45) is 3.59. The van der Waals surface area contributed by atoms with Gasteiger partial charge < -0.3 is 9.88 Å². The van der Waals surface area contributed by atoms with Crippen LogP contribution in [0.1, 0.15) is 31.4 Å². The van der Waals surface area contributed by atoms with Crippen molar-refractivity contribution >= 4 is 17.7 Å². The van der Waals surface area contributed by atoms with Crippen molar-refractivity contribution in [1.82, 2.24) is 20.1 Å². The fourth-order valence-corrected chi connectivity index (χ4v) is 2.76. The molecule has 0 spiro atoms. The van der Waals surface area contributed by atoms with Crippen molar-refractivity contribution in [1.29, 1.82) is 0 Å². The van der Waals surface area contributed by atoms with Crippen LogP contribution in [-0.2, 0) is 11.8 Å². The van der Waals surface area contributed by atoms with E-state index in [1.165, 1.54) is 11.8 Å². The first-order valence-corrected chi connectivity index (χ1v) is 8.00. The van der Waals surface area contributed by atoms with Crippen molar-refractivity contribution in [2.45, 2.75) is 31.0 Å². The number of aryl methyl sites for hydroxylation is 1. The number of amides is 1. The van der Waals surface area contributed by atoms with Crippen molar-refractivity contribution in [3.63, 3.8) is 0 Å². The number of aromatic nitrogens is 3. The smallest absolute Gasteiger partial charge is 0.230 e. The van der Waals surface area contributed by atoms with Crippen LogP contribution in [0.15, 0.2) is 41.8 Å². The molecule has 0 saturated carbocycles. The second-order valence-corrected chi connectivity index (χ2v) is 5.78. The van der Waals surface area contributed by atoms with Gasteiger partial charge >= 0.3 is 0 Å². The van der Waals surface area contributed by atoms with Gasteiger partial charge in [-0.3, -0.25) is 4.79 Å². The van der Waals surface area contributed by atoms with Crippen LogP contribution in [-0.4, -0.2) is 26.4 Å². The first kappa shape index (κ1) is 15.6. The normalized spacial score (nSPS) is 12.1. The van der Waals surface area contributed by atoms with Crippen LogP contribution < -0.4 is 5.32 Å². The summed E-state index contributed by atoms with van der Waals surface area (Å²) < 4.78 is 1.80. The minimum atomic E-state index is 0.0188. The molecular weight excluding hydrogens is 284 g/mol. The lowest BCUT2D eigenvalue weighted by Gasteiger charge is -2.18. The highest BCUT2D eigenvalue weighted by molar-refractivity contribution is 7.99. The fraction of sp³-hybridized carbons (Fsp3) is 0.400. The summed E-state index contributed by atoms with van der Waals surface area (Å²) in [5.74, 6) is 0.366. The van der Waals surface area contributed by atoms with E-state index in [4.69, 9.17) is 0 Å². The maximum Gasteiger partial charge on any atom is 0.230 e. The number of nitrogens with zero attached hydrogens (tertiary/aromatic N) is 3. The van der Waals surface area contributed by atoms with Crippen molar-refractivity contribution in [3.05, 3.63) is 42.2 Å². The van der Waals surface area contributed by atoms with E-state index in [-0.39, 0.29) is 11.9 Å². The summed E-state index contributed by atoms with van der Waals surface area (Å²) >= 11 is 1.39. The molecule has 6 heteroatoms. The molecule has 0 radical (unpaired) electrons. The molecule has 0 unspecified atom stereocenters. The Labute approximate surface area is 129 Å². The molecule has 112 valence electrons. The van der Waals surface area contributed by atoms with E-state index in [0.717, 1.165) is 23.6 Å². The van der Waals surface area contributed by atoms with E-state index in [1.807, 2.05) is 25.2 Å². The molecule has 1 heterocycles. The van der Waals surface area contributed by atoms with Crippen LogP contribution in [0.4, 0.5) is 0 Å². The Morgan fingerprint density at radius 2 is 2.14 bits per heavy atom. The van der Waals surface area contributed by atoms with Crippen LogP contribution >= 0.6 is 11.8 Å². The summed E-state index contributed by atoms with van der Waals surface area (Å²) in [5, 5.41) is 11.6. The third-order valence-electron chi connectivity index (χ3n) is 3.12. The summed E-state index contributed by atoms with van der Waals surface area (Å²) in [5.41, 5.74) is 1.15. The maximum atomic E-state index is 12.1. The van der Waals surface area contributed by atoms with Gasteiger partial charge in [0.05, 0.1) is 11.8 Å². The second-order valence-electron chi connectivity index (χ2n) is 4.83. The Morgan fingerprint density at radius 3 is 2.76 bits per heavy atom. The van der Waals surface area contributed by atoms with E-state index in [9.17, 15) is 4.79 Å². The number of carbonyl (C=O) groups is 1. The molecule has 1 amide bonds. The molecule has 1 N–H and O–H groups in total. The molecule has 0 aliphatic carbocycles. The van der Waals surface area contributed by atoms with E-state index in [0.29, 0.717) is 5.75 Å². The Hall–Kier alpha value is -1.82. The quantitative estimate of drug-likeness (QED) is 0.799. The molecule has 0 aliphatic rings. The Morgan fingerprint density at radius 1 is 1.38 bits per heavy atom. The fourth-order valence-electron chi connectivity index (χ4n) is 2.07. The third kappa shape index (κ3) is 4.60. The molecule has 0 saturated heterocycles. The Balaban J connectivity index is 1.91. The van der Waals surface area contributed by atoms with Crippen molar-refractivity contribution in [2.75, 3.05) is 5.75 Å². The number of benzene rings is 1. The van der Waals surface area contributed by atoms with Gasteiger partial charge in [0, 0.05) is 7.05 Å². The van der Waals surface area contributed by atoms with Gasteiger partial charge in [-0.1, -0.05) is 55.4 Å². The van der Waals surface area contributed by atoms with Gasteiger partial charge in [-0.2, -0.15) is 0 Å². The van der Waals surface area contributed by atoms with Gasteiger partial charge in [0.2, 0.25) is 5.91 Å². The number of hydrogen-bond acceptors (Lipinski definition) is 4. The van der Waals surface area contributed by atoms with Gasteiger partial charge in [-0.25, -0.2) is 0 Å². The average molecular weight is 304 g/mol. The number of nitrogens with one attached hydrogen (secondary N) is 1. The number of thioether (sulfide) groups is 1. The van der Waals surface area contributed by atoms with Gasteiger partial charge in [-0.05, 0) is 12.0 Å². The predicted molar refractivity (Wildman–Crippen MR) is 84.0 cm³/mol. The van der Waals surface area contributed by atoms with Crippen molar-refractivity contribution < 1.29 is 4.79 Å². The summed E-state index contributed by atoms with van der Waals surface area (Å²) in [6.45, 7) is 2.12. The lowest BCUT2D eigenvalue weighted by Crippen LogP contribution is -2.30. The zero-order chi connectivity index (χ0) is 15.1. The molecule has 5 nitrogen and oxygen atoms in total. The van der Waals surface area contributed by atoms with Crippen LogP contribution in [0.2, 0.25) is 0 Å². The van der Waals surface area contributed by atoms with Crippen LogP contribution in [0.25, 0.3) is 0 Å². The SMILES string of the molecule is CCC[C@H](NC(=O)CSc1nncn1C)c1ccccc1. The predicted octanol–water partition coefficient (Wildman–Crippen LogP) is 2.56. The first-order chi connectivity index (χ1) is 10.2. The minimum absolute atomic E-state index is 0.0188. The molecule has 0 bridgehead atoms. The standard InChI is InChI=1S/C15H20N4OS/c1-3-7-13(12-8-5-4-6-9-12)17-14(20)10-21-15-18-16-11-19(15)2/h4-6,8-9,11,13H,3,7,10H2,1-2H3,(H,17,20)/t13-/m0/s1. The molecule has 1 aromatic carbocycles. The lowest BCUT2D eigenvalue weighted by molar-refractivity contribution is -0.119. The molecule has 21 heavy (non-hydrogen) atoms. The van der Waals surface area contributed by atoms with E-state index in [2.05, 4.69) is 34.6 Å². The highest BCUT2D eigenvalue weighted by Gasteiger charge is 2.14. The highest BCUT2D eigenvalue weighted by atomic mass is 32.2. The maximum absolute atomic E-state index is 12.1. The number of carbonyl (C=O) groups excluding carboxylic acids is 1. The van der Waals surface area contributed by atoms with Crippen molar-refractivity contribution in [3.8, 4) is 0 Å². The van der Waals surface area contributed by atoms with Gasteiger partial charge in [0.25, 0.3) is 0 Å². The zero-order valence-electron chi connectivity index (χ0n) is 12.3. The lowest BCUT2D eigenvalue weighted by atomic mass is 10.0. The molecule has 0 fully saturated rings. The summed E-state index contributed by atoms with van der Waals surface area (Å²) in [4.78, 5) is 12.1. The van der Waals surface area contributed by atoms with Crippen molar-refractivity contribution in [2.24, 2.45) is 7.05 Å². The van der Waals surface area contributed by atoms with E-state index < -0.39 is 0 Å². The molecule has 0 aliphatic heterocycles. The zero-order valence-corrected chi connectivity index (χ0v) is 13.1. The summed E-state index contributed by atoms with van der Waals surface area (Å²) in [7, 11) is 1.87. The third-order valence-corrected chi connectivity index (χ3v) is 4.15. The number of rotatable bonds is 7. The minimum Gasteiger partial charge on any atom is -0.349 e. The summed E-state index contributed by atoms with van der Waals surface area (Å²) in [6, 6.07) is 10.2. The average Bonchev–Trinajstić information content (AvgIpc) is 2.91. The van der Waals surface area contributed by atoms with E-state index in [1.54, 1.807) is 10.9 Å². The monoisotopic (exact) mass is 304 g/mol. The second kappa shape index (κ2) is 7.83. The van der Waals surface area contributed by atoms with Crippen LogP contribution in [0, 0.1) is 0 Å². The molecular formula is C15H20N4OS. The molecule has 1 aromatic heterocycles. The van der Waals surface area contributed by atoms with Gasteiger partial charge in [-0.15, -0.1) is 10.2 Å². The van der Waals surface area contributed by atoms with Crippen LogP contribution in [0.5, 0.6) is 0 Å². The Bertz CT molecular complexity index is 570. The van der Waals surface area contributed by atoms with Gasteiger partial charge in [0.1, 0.15) is 6.33 Å².